The van der Waals surface area contributed by atoms with Crippen molar-refractivity contribution in [2.75, 3.05) is 18.0 Å². The highest BCUT2D eigenvalue weighted by molar-refractivity contribution is 5.89. The third-order valence-corrected chi connectivity index (χ3v) is 4.13. The highest BCUT2D eigenvalue weighted by Crippen LogP contribution is 2.33. The van der Waals surface area contributed by atoms with E-state index < -0.39 is 4.92 Å². The number of nitro groups is 1. The van der Waals surface area contributed by atoms with Gasteiger partial charge in [-0.15, -0.1) is 0 Å². The molecule has 0 aliphatic carbocycles. The Morgan fingerprint density at radius 1 is 1.25 bits per heavy atom. The summed E-state index contributed by atoms with van der Waals surface area (Å²) in [5, 5.41) is 21.1. The molecule has 1 heterocycles. The number of aromatic hydroxyl groups is 1. The fourth-order valence-electron chi connectivity index (χ4n) is 2.96. The predicted molar refractivity (Wildman–Crippen MR) is 94.6 cm³/mol. The Morgan fingerprint density at radius 2 is 1.96 bits per heavy atom. The first-order valence-electron chi connectivity index (χ1n) is 7.92. The molecule has 6 heteroatoms. The normalized spacial score (nSPS) is 14.5. The van der Waals surface area contributed by atoms with Gasteiger partial charge in [0.2, 0.25) is 5.75 Å². The average molecular weight is 325 g/mol. The summed E-state index contributed by atoms with van der Waals surface area (Å²) in [6, 6.07) is 10.9. The Hall–Kier alpha value is -2.89. The van der Waals surface area contributed by atoms with Gasteiger partial charge in [-0.25, -0.2) is 0 Å². The van der Waals surface area contributed by atoms with Crippen molar-refractivity contribution < 1.29 is 10.0 Å². The highest BCUT2D eigenvalue weighted by atomic mass is 16.6. The maximum absolute atomic E-state index is 11.0. The molecule has 0 amide bonds. The van der Waals surface area contributed by atoms with Crippen LogP contribution in [0.4, 0.5) is 17.1 Å². The molecule has 0 saturated carbocycles. The summed E-state index contributed by atoms with van der Waals surface area (Å²) >= 11 is 0. The van der Waals surface area contributed by atoms with Gasteiger partial charge in [0.05, 0.1) is 16.3 Å². The number of phenols is 1. The third-order valence-electron chi connectivity index (χ3n) is 4.13. The number of benzene rings is 2. The number of anilines is 1. The quantitative estimate of drug-likeness (QED) is 0.524. The van der Waals surface area contributed by atoms with Gasteiger partial charge in [0.15, 0.2) is 0 Å². The summed E-state index contributed by atoms with van der Waals surface area (Å²) in [6.45, 7) is 3.77. The van der Waals surface area contributed by atoms with Crippen molar-refractivity contribution in [2.24, 2.45) is 4.99 Å². The van der Waals surface area contributed by atoms with E-state index in [9.17, 15) is 15.2 Å². The van der Waals surface area contributed by atoms with Gasteiger partial charge in [0.25, 0.3) is 0 Å². The number of aliphatic imine (C=N–C) groups is 1. The molecule has 1 aliphatic rings. The van der Waals surface area contributed by atoms with Gasteiger partial charge in [-0.2, -0.15) is 0 Å². The molecule has 24 heavy (non-hydrogen) atoms. The van der Waals surface area contributed by atoms with Crippen LogP contribution in [0.2, 0.25) is 0 Å². The van der Waals surface area contributed by atoms with Gasteiger partial charge in [0.1, 0.15) is 0 Å². The minimum absolute atomic E-state index is 0.302. The molecule has 0 radical (unpaired) electrons. The monoisotopic (exact) mass is 325 g/mol. The van der Waals surface area contributed by atoms with Crippen molar-refractivity contribution >= 4 is 23.3 Å². The van der Waals surface area contributed by atoms with E-state index in [1.54, 1.807) is 13.0 Å². The van der Waals surface area contributed by atoms with Gasteiger partial charge in [-0.05, 0) is 43.5 Å². The number of nitro benzene ring substituents is 1. The Labute approximate surface area is 140 Å². The van der Waals surface area contributed by atoms with E-state index in [0.29, 0.717) is 11.1 Å². The molecule has 0 atom stereocenters. The van der Waals surface area contributed by atoms with Crippen LogP contribution < -0.4 is 4.90 Å². The number of para-hydroxylation sites is 2. The minimum atomic E-state index is -0.585. The molecule has 1 saturated heterocycles. The molecule has 1 N–H and O–H groups in total. The lowest BCUT2D eigenvalue weighted by atomic mass is 10.1. The molecule has 0 unspecified atom stereocenters. The van der Waals surface area contributed by atoms with E-state index in [1.807, 2.05) is 24.3 Å². The zero-order chi connectivity index (χ0) is 17.1. The first kappa shape index (κ1) is 16.0. The summed E-state index contributed by atoms with van der Waals surface area (Å²) in [6.07, 6.45) is 3.83. The van der Waals surface area contributed by atoms with Crippen molar-refractivity contribution in [3.05, 3.63) is 57.6 Å². The molecule has 2 aromatic carbocycles. The van der Waals surface area contributed by atoms with E-state index >= 15 is 0 Å². The fraction of sp³-hybridized carbons (Fsp3) is 0.278. The third kappa shape index (κ3) is 3.22. The summed E-state index contributed by atoms with van der Waals surface area (Å²) in [7, 11) is 0. The lowest BCUT2D eigenvalue weighted by Gasteiger charge is -2.19. The van der Waals surface area contributed by atoms with Gasteiger partial charge < -0.3 is 10.0 Å². The van der Waals surface area contributed by atoms with Crippen molar-refractivity contribution in [3.8, 4) is 5.75 Å². The molecular formula is C18H19N3O3. The summed E-state index contributed by atoms with van der Waals surface area (Å²) < 4.78 is 0. The Bertz CT molecular complexity index is 796. The lowest BCUT2D eigenvalue weighted by Crippen LogP contribution is -2.17. The van der Waals surface area contributed by atoms with Gasteiger partial charge >= 0.3 is 5.69 Å². The van der Waals surface area contributed by atoms with Crippen molar-refractivity contribution in [2.45, 2.75) is 19.8 Å². The molecule has 1 fully saturated rings. The highest BCUT2D eigenvalue weighted by Gasteiger charge is 2.18. The zero-order valence-electron chi connectivity index (χ0n) is 13.5. The number of nitrogens with zero attached hydrogens (tertiary/aromatic N) is 3. The number of rotatable bonds is 4. The molecule has 3 rings (SSSR count). The largest absolute Gasteiger partial charge is 0.502 e. The van der Waals surface area contributed by atoms with Crippen LogP contribution >= 0.6 is 0 Å². The summed E-state index contributed by atoms with van der Waals surface area (Å²) in [5.74, 6) is -0.354. The number of hydrogen-bond acceptors (Lipinski definition) is 5. The van der Waals surface area contributed by atoms with Crippen molar-refractivity contribution in [1.82, 2.24) is 0 Å². The van der Waals surface area contributed by atoms with Crippen molar-refractivity contribution in [3.63, 3.8) is 0 Å². The van der Waals surface area contributed by atoms with E-state index in [4.69, 9.17) is 0 Å². The molecule has 0 aromatic heterocycles. The molecular weight excluding hydrogens is 306 g/mol. The van der Waals surface area contributed by atoms with Crippen LogP contribution in [0.25, 0.3) is 0 Å². The van der Waals surface area contributed by atoms with Crippen LogP contribution in [0.3, 0.4) is 0 Å². The first-order valence-corrected chi connectivity index (χ1v) is 7.92. The first-order chi connectivity index (χ1) is 11.6. The van der Waals surface area contributed by atoms with E-state index in [-0.39, 0.29) is 11.4 Å². The predicted octanol–water partition coefficient (Wildman–Crippen LogP) is 3.96. The molecule has 124 valence electrons. The van der Waals surface area contributed by atoms with Crippen LogP contribution in [-0.4, -0.2) is 29.3 Å². The Morgan fingerprint density at radius 3 is 2.67 bits per heavy atom. The van der Waals surface area contributed by atoms with Crippen LogP contribution in [0.1, 0.15) is 24.0 Å². The zero-order valence-corrected chi connectivity index (χ0v) is 13.5. The van der Waals surface area contributed by atoms with Gasteiger partial charge in [-0.3, -0.25) is 15.1 Å². The molecule has 0 bridgehead atoms. The fourth-order valence-corrected chi connectivity index (χ4v) is 2.96. The summed E-state index contributed by atoms with van der Waals surface area (Å²) in [5.41, 5.74) is 2.59. The van der Waals surface area contributed by atoms with Gasteiger partial charge in [-0.1, -0.05) is 12.1 Å². The summed E-state index contributed by atoms with van der Waals surface area (Å²) in [4.78, 5) is 17.2. The van der Waals surface area contributed by atoms with E-state index in [0.717, 1.165) is 24.5 Å². The molecule has 0 spiro atoms. The van der Waals surface area contributed by atoms with Crippen LogP contribution in [0.15, 0.2) is 41.4 Å². The molecule has 1 aliphatic heterocycles. The van der Waals surface area contributed by atoms with Gasteiger partial charge in [0, 0.05) is 30.9 Å². The standard InChI is InChI=1S/C18H19N3O3/c1-13-10-14(18(22)17(11-13)21(23)24)12-19-15-6-2-3-7-16(15)20-8-4-5-9-20/h2-3,6-7,10-12,22H,4-5,8-9H2,1H3. The number of hydrogen-bond donors (Lipinski definition) is 1. The second-order valence-electron chi connectivity index (χ2n) is 5.92. The number of phenolic OH excluding ortho intramolecular Hbond substituents is 1. The molecule has 6 nitrogen and oxygen atoms in total. The average Bonchev–Trinajstić information content (AvgIpc) is 3.09. The molecule has 2 aromatic rings. The minimum Gasteiger partial charge on any atom is -0.502 e. The topological polar surface area (TPSA) is 79.0 Å². The lowest BCUT2D eigenvalue weighted by molar-refractivity contribution is -0.385. The second kappa shape index (κ2) is 6.70. The smallest absolute Gasteiger partial charge is 0.311 e. The second-order valence-corrected chi connectivity index (χ2v) is 5.92. The van der Waals surface area contributed by atoms with Crippen LogP contribution in [0, 0.1) is 17.0 Å². The van der Waals surface area contributed by atoms with E-state index in [2.05, 4.69) is 9.89 Å². The Kier molecular flexibility index (Phi) is 4.46. The van der Waals surface area contributed by atoms with Crippen LogP contribution in [-0.2, 0) is 0 Å². The van der Waals surface area contributed by atoms with Crippen molar-refractivity contribution in [1.29, 1.82) is 0 Å². The maximum atomic E-state index is 11.0. The Balaban J connectivity index is 1.96. The van der Waals surface area contributed by atoms with E-state index in [1.165, 1.54) is 25.1 Å². The maximum Gasteiger partial charge on any atom is 0.311 e. The SMILES string of the molecule is Cc1cc(C=Nc2ccccc2N2CCCC2)c(O)c([N+](=O)[O-])c1. The van der Waals surface area contributed by atoms with Crippen LogP contribution in [0.5, 0.6) is 5.75 Å². The number of aryl methyl sites for hydroxylation is 1.